The molecule has 4 heteroatoms. The summed E-state index contributed by atoms with van der Waals surface area (Å²) in [6, 6.07) is 3.78. The minimum Gasteiger partial charge on any atom is -0.496 e. The van der Waals surface area contributed by atoms with E-state index >= 15 is 0 Å². The third-order valence-corrected chi connectivity index (χ3v) is 2.60. The summed E-state index contributed by atoms with van der Waals surface area (Å²) in [6.45, 7) is 1.94. The Labute approximate surface area is 92.3 Å². The third kappa shape index (κ3) is 2.01. The fraction of sp³-hybridized carbons (Fsp3) is 0.400. The number of hydrogen-bond donors (Lipinski definition) is 1. The average molecular weight is 260 g/mol. The molecule has 0 saturated heterocycles. The number of hydrogen-bond acceptors (Lipinski definition) is 3. The van der Waals surface area contributed by atoms with Crippen molar-refractivity contribution in [2.45, 2.75) is 11.9 Å². The lowest BCUT2D eigenvalue weighted by atomic mass is 10.1. The topological polar surface area (TPSA) is 44.5 Å². The highest BCUT2D eigenvalue weighted by Gasteiger charge is 2.14. The molecule has 0 spiro atoms. The SMILES string of the molecule is COc1ccc(C(N)Br)c(OC)c1C. The lowest BCUT2D eigenvalue weighted by Crippen LogP contribution is -2.05. The van der Waals surface area contributed by atoms with Gasteiger partial charge >= 0.3 is 0 Å². The van der Waals surface area contributed by atoms with Gasteiger partial charge in [0.25, 0.3) is 0 Å². The maximum absolute atomic E-state index is 5.75. The smallest absolute Gasteiger partial charge is 0.131 e. The Bertz CT molecular complexity index is 326. The van der Waals surface area contributed by atoms with Gasteiger partial charge < -0.3 is 15.2 Å². The van der Waals surface area contributed by atoms with Crippen molar-refractivity contribution in [1.82, 2.24) is 0 Å². The summed E-state index contributed by atoms with van der Waals surface area (Å²) in [7, 11) is 3.26. The van der Waals surface area contributed by atoms with Gasteiger partial charge in [-0.3, -0.25) is 0 Å². The number of benzene rings is 1. The van der Waals surface area contributed by atoms with Crippen LogP contribution in [0.3, 0.4) is 0 Å². The summed E-state index contributed by atoms with van der Waals surface area (Å²) < 4.78 is 10.5. The van der Waals surface area contributed by atoms with Crippen molar-refractivity contribution in [3.63, 3.8) is 0 Å². The first-order valence-electron chi connectivity index (χ1n) is 4.23. The molecule has 1 aromatic rings. The van der Waals surface area contributed by atoms with Gasteiger partial charge in [-0.05, 0) is 19.1 Å². The van der Waals surface area contributed by atoms with E-state index in [-0.39, 0.29) is 4.95 Å². The van der Waals surface area contributed by atoms with E-state index in [1.807, 2.05) is 19.1 Å². The highest BCUT2D eigenvalue weighted by Crippen LogP contribution is 2.35. The normalized spacial score (nSPS) is 12.4. The zero-order valence-corrected chi connectivity index (χ0v) is 10.1. The van der Waals surface area contributed by atoms with E-state index in [1.165, 1.54) is 0 Å². The van der Waals surface area contributed by atoms with Gasteiger partial charge in [-0.2, -0.15) is 0 Å². The number of methoxy groups -OCH3 is 2. The Hall–Kier alpha value is -0.740. The number of nitrogens with two attached hydrogens (primary N) is 1. The predicted octanol–water partition coefficient (Wildman–Crippen LogP) is 2.36. The molecular formula is C10H14BrNO2. The quantitative estimate of drug-likeness (QED) is 0.670. The highest BCUT2D eigenvalue weighted by molar-refractivity contribution is 9.09. The van der Waals surface area contributed by atoms with E-state index in [0.29, 0.717) is 0 Å². The van der Waals surface area contributed by atoms with Crippen molar-refractivity contribution >= 4 is 15.9 Å². The van der Waals surface area contributed by atoms with Crippen molar-refractivity contribution in [1.29, 1.82) is 0 Å². The minimum absolute atomic E-state index is 0.220. The van der Waals surface area contributed by atoms with Crippen molar-refractivity contribution < 1.29 is 9.47 Å². The fourth-order valence-corrected chi connectivity index (χ4v) is 1.76. The zero-order valence-electron chi connectivity index (χ0n) is 8.50. The monoisotopic (exact) mass is 259 g/mol. The average Bonchev–Trinajstić information content (AvgIpc) is 2.17. The minimum atomic E-state index is -0.220. The largest absolute Gasteiger partial charge is 0.496 e. The van der Waals surface area contributed by atoms with Gasteiger partial charge in [0.2, 0.25) is 0 Å². The van der Waals surface area contributed by atoms with Crippen molar-refractivity contribution in [2.75, 3.05) is 14.2 Å². The molecule has 0 radical (unpaired) electrons. The van der Waals surface area contributed by atoms with Gasteiger partial charge in [0.1, 0.15) is 11.5 Å². The number of halogens is 1. The van der Waals surface area contributed by atoms with Crippen LogP contribution in [0.1, 0.15) is 16.1 Å². The summed E-state index contributed by atoms with van der Waals surface area (Å²) in [6.07, 6.45) is 0. The molecule has 1 unspecified atom stereocenters. The van der Waals surface area contributed by atoms with Crippen LogP contribution in [0.4, 0.5) is 0 Å². The first-order chi connectivity index (χ1) is 6.61. The Balaban J connectivity index is 3.28. The molecule has 1 atom stereocenters. The second-order valence-corrected chi connectivity index (χ2v) is 3.90. The second kappa shape index (κ2) is 4.66. The fourth-order valence-electron chi connectivity index (χ4n) is 1.40. The van der Waals surface area contributed by atoms with Crippen LogP contribution in [-0.4, -0.2) is 14.2 Å². The molecule has 1 aromatic carbocycles. The first-order valence-corrected chi connectivity index (χ1v) is 5.14. The van der Waals surface area contributed by atoms with Crippen LogP contribution < -0.4 is 15.2 Å². The molecule has 3 nitrogen and oxygen atoms in total. The van der Waals surface area contributed by atoms with Crippen LogP contribution in [0.25, 0.3) is 0 Å². The molecule has 1 rings (SSSR count). The van der Waals surface area contributed by atoms with E-state index in [4.69, 9.17) is 15.2 Å². The standard InChI is InChI=1S/C10H14BrNO2/c1-6-8(13-2)5-4-7(10(11)12)9(6)14-3/h4-5,10H,12H2,1-3H3. The molecule has 0 saturated carbocycles. The van der Waals surface area contributed by atoms with Crippen molar-refractivity contribution in [2.24, 2.45) is 5.73 Å². The zero-order chi connectivity index (χ0) is 10.7. The molecule has 2 N–H and O–H groups in total. The van der Waals surface area contributed by atoms with Crippen molar-refractivity contribution in [3.8, 4) is 11.5 Å². The van der Waals surface area contributed by atoms with E-state index in [1.54, 1.807) is 14.2 Å². The number of rotatable bonds is 3. The van der Waals surface area contributed by atoms with Gasteiger partial charge in [-0.15, -0.1) is 0 Å². The lowest BCUT2D eigenvalue weighted by molar-refractivity contribution is 0.385. The molecule has 0 amide bonds. The summed E-state index contributed by atoms with van der Waals surface area (Å²) >= 11 is 3.31. The van der Waals surface area contributed by atoms with Crippen LogP contribution >= 0.6 is 15.9 Å². The van der Waals surface area contributed by atoms with Crippen LogP contribution in [0.2, 0.25) is 0 Å². The Kier molecular flexibility index (Phi) is 3.77. The second-order valence-electron chi connectivity index (χ2n) is 2.92. The van der Waals surface area contributed by atoms with Crippen LogP contribution in [-0.2, 0) is 0 Å². The van der Waals surface area contributed by atoms with E-state index in [2.05, 4.69) is 15.9 Å². The Morgan fingerprint density at radius 1 is 1.29 bits per heavy atom. The summed E-state index contributed by atoms with van der Waals surface area (Å²) in [5.74, 6) is 1.58. The molecule has 0 heterocycles. The van der Waals surface area contributed by atoms with Gasteiger partial charge in [0, 0.05) is 11.1 Å². The predicted molar refractivity (Wildman–Crippen MR) is 60.1 cm³/mol. The van der Waals surface area contributed by atoms with Gasteiger partial charge in [-0.25, -0.2) is 0 Å². The first kappa shape index (κ1) is 11.3. The lowest BCUT2D eigenvalue weighted by Gasteiger charge is -2.15. The third-order valence-electron chi connectivity index (χ3n) is 2.11. The van der Waals surface area contributed by atoms with Crippen LogP contribution in [0.5, 0.6) is 11.5 Å². The maximum Gasteiger partial charge on any atom is 0.131 e. The summed E-state index contributed by atoms with van der Waals surface area (Å²) in [4.78, 5) is -0.220. The summed E-state index contributed by atoms with van der Waals surface area (Å²) in [5.41, 5.74) is 7.63. The highest BCUT2D eigenvalue weighted by atomic mass is 79.9. The number of ether oxygens (including phenoxy) is 2. The van der Waals surface area contributed by atoms with Crippen LogP contribution in [0, 0.1) is 6.92 Å². The Morgan fingerprint density at radius 3 is 2.36 bits per heavy atom. The van der Waals surface area contributed by atoms with E-state index in [9.17, 15) is 0 Å². The molecule has 14 heavy (non-hydrogen) atoms. The number of alkyl halides is 1. The molecule has 0 aliphatic rings. The molecular weight excluding hydrogens is 246 g/mol. The molecule has 0 fully saturated rings. The summed E-state index contributed by atoms with van der Waals surface area (Å²) in [5, 5.41) is 0. The van der Waals surface area contributed by atoms with Gasteiger partial charge in [-0.1, -0.05) is 15.9 Å². The Morgan fingerprint density at radius 2 is 1.93 bits per heavy atom. The van der Waals surface area contributed by atoms with Gasteiger partial charge in [0.15, 0.2) is 0 Å². The van der Waals surface area contributed by atoms with E-state index in [0.717, 1.165) is 22.6 Å². The maximum atomic E-state index is 5.75. The van der Waals surface area contributed by atoms with Crippen molar-refractivity contribution in [3.05, 3.63) is 23.3 Å². The molecule has 0 bridgehead atoms. The van der Waals surface area contributed by atoms with Crippen LogP contribution in [0.15, 0.2) is 12.1 Å². The molecule has 0 aliphatic heterocycles. The molecule has 78 valence electrons. The molecule has 0 aromatic heterocycles. The van der Waals surface area contributed by atoms with E-state index < -0.39 is 0 Å². The van der Waals surface area contributed by atoms with Gasteiger partial charge in [0.05, 0.1) is 19.2 Å². The molecule has 0 aliphatic carbocycles.